The van der Waals surface area contributed by atoms with Gasteiger partial charge in [0.1, 0.15) is 0 Å². The largest absolute Gasteiger partial charge is 0.352 e. The number of hydrogen-bond donors (Lipinski definition) is 1. The van der Waals surface area contributed by atoms with Crippen molar-refractivity contribution < 1.29 is 13.2 Å². The maximum Gasteiger partial charge on any atom is 0.223 e. The van der Waals surface area contributed by atoms with Gasteiger partial charge in [-0.25, -0.2) is 12.7 Å². The fraction of sp³-hybridized carbons (Fsp3) is 0.583. The second kappa shape index (κ2) is 6.02. The summed E-state index contributed by atoms with van der Waals surface area (Å²) in [6, 6.07) is 1.98. The molecule has 0 aliphatic carbocycles. The molecule has 106 valence electrons. The van der Waals surface area contributed by atoms with E-state index in [1.807, 2.05) is 16.8 Å². The molecular weight excluding hydrogens is 284 g/mol. The van der Waals surface area contributed by atoms with Crippen LogP contribution in [0.15, 0.2) is 16.8 Å². The van der Waals surface area contributed by atoms with Crippen molar-refractivity contribution in [2.45, 2.75) is 19.4 Å². The van der Waals surface area contributed by atoms with Gasteiger partial charge in [-0.1, -0.05) is 0 Å². The highest BCUT2D eigenvalue weighted by Gasteiger charge is 2.28. The molecule has 7 heteroatoms. The van der Waals surface area contributed by atoms with Gasteiger partial charge < -0.3 is 5.32 Å². The summed E-state index contributed by atoms with van der Waals surface area (Å²) < 4.78 is 24.2. The van der Waals surface area contributed by atoms with Crippen molar-refractivity contribution in [1.29, 1.82) is 0 Å². The van der Waals surface area contributed by atoms with Crippen LogP contribution in [0.3, 0.4) is 0 Å². The Bertz CT molecular complexity index is 517. The Morgan fingerprint density at radius 1 is 1.47 bits per heavy atom. The summed E-state index contributed by atoms with van der Waals surface area (Å²) in [5.74, 6) is -0.0454. The van der Waals surface area contributed by atoms with E-state index < -0.39 is 10.0 Å². The first kappa shape index (κ1) is 14.5. The van der Waals surface area contributed by atoms with Crippen LogP contribution in [0.4, 0.5) is 0 Å². The molecule has 1 aliphatic rings. The monoisotopic (exact) mass is 302 g/mol. The molecule has 0 radical (unpaired) electrons. The van der Waals surface area contributed by atoms with Gasteiger partial charge in [0.25, 0.3) is 0 Å². The van der Waals surface area contributed by atoms with E-state index in [-0.39, 0.29) is 11.8 Å². The first-order valence-corrected chi connectivity index (χ1v) is 9.00. The number of rotatable bonds is 4. The lowest BCUT2D eigenvalue weighted by Crippen LogP contribution is -2.42. The average Bonchev–Trinajstić information content (AvgIpc) is 2.88. The van der Waals surface area contributed by atoms with Gasteiger partial charge in [-0.3, -0.25) is 4.79 Å². The maximum absolute atomic E-state index is 12.0. The minimum absolute atomic E-state index is 0.0272. The summed E-state index contributed by atoms with van der Waals surface area (Å²) in [7, 11) is -3.12. The Kier molecular flexibility index (Phi) is 4.59. The van der Waals surface area contributed by atoms with Crippen molar-refractivity contribution in [2.24, 2.45) is 5.92 Å². The van der Waals surface area contributed by atoms with E-state index in [4.69, 9.17) is 0 Å². The van der Waals surface area contributed by atoms with Gasteiger partial charge in [-0.15, -0.1) is 0 Å². The summed E-state index contributed by atoms with van der Waals surface area (Å²) in [4.78, 5) is 12.0. The van der Waals surface area contributed by atoms with Crippen molar-refractivity contribution in [2.75, 3.05) is 19.3 Å². The normalized spacial score (nSPS) is 18.4. The lowest BCUT2D eigenvalue weighted by atomic mass is 9.97. The van der Waals surface area contributed by atoms with Crippen LogP contribution in [0.2, 0.25) is 0 Å². The molecule has 0 atom stereocenters. The van der Waals surface area contributed by atoms with E-state index in [9.17, 15) is 13.2 Å². The Morgan fingerprint density at radius 2 is 2.16 bits per heavy atom. The molecule has 1 fully saturated rings. The highest BCUT2D eigenvalue weighted by atomic mass is 32.2. The summed E-state index contributed by atoms with van der Waals surface area (Å²) >= 11 is 1.61. The number of sulfonamides is 1. The van der Waals surface area contributed by atoms with Crippen LogP contribution in [-0.2, 0) is 21.4 Å². The maximum atomic E-state index is 12.0. The molecule has 2 rings (SSSR count). The number of hydrogen-bond acceptors (Lipinski definition) is 4. The quantitative estimate of drug-likeness (QED) is 0.903. The average molecular weight is 302 g/mol. The summed E-state index contributed by atoms with van der Waals surface area (Å²) in [6.45, 7) is 1.43. The molecule has 0 unspecified atom stereocenters. The number of thiophene rings is 1. The molecule has 0 spiro atoms. The molecule has 1 aromatic heterocycles. The summed E-state index contributed by atoms with van der Waals surface area (Å²) in [6.07, 6.45) is 2.41. The molecule has 1 saturated heterocycles. The van der Waals surface area contributed by atoms with Gasteiger partial charge >= 0.3 is 0 Å². The molecule has 1 aliphatic heterocycles. The van der Waals surface area contributed by atoms with Crippen LogP contribution >= 0.6 is 11.3 Å². The van der Waals surface area contributed by atoms with Crippen molar-refractivity contribution in [3.8, 4) is 0 Å². The summed E-state index contributed by atoms with van der Waals surface area (Å²) in [5, 5.41) is 6.89. The second-order valence-electron chi connectivity index (χ2n) is 4.79. The van der Waals surface area contributed by atoms with Gasteiger partial charge in [0.15, 0.2) is 0 Å². The van der Waals surface area contributed by atoms with Crippen LogP contribution in [0, 0.1) is 5.92 Å². The number of piperidine rings is 1. The van der Waals surface area contributed by atoms with E-state index >= 15 is 0 Å². The minimum Gasteiger partial charge on any atom is -0.352 e. The number of nitrogens with zero attached hydrogens (tertiary/aromatic N) is 1. The minimum atomic E-state index is -3.12. The lowest BCUT2D eigenvalue weighted by molar-refractivity contribution is -0.126. The molecule has 5 nitrogen and oxygen atoms in total. The lowest BCUT2D eigenvalue weighted by Gasteiger charge is -2.29. The Labute approximate surface area is 117 Å². The molecule has 19 heavy (non-hydrogen) atoms. The van der Waals surface area contributed by atoms with Gasteiger partial charge in [0.2, 0.25) is 15.9 Å². The topological polar surface area (TPSA) is 66.5 Å². The second-order valence-corrected chi connectivity index (χ2v) is 7.55. The van der Waals surface area contributed by atoms with Crippen LogP contribution in [0.5, 0.6) is 0 Å². The molecule has 0 bridgehead atoms. The van der Waals surface area contributed by atoms with E-state index in [0.29, 0.717) is 32.5 Å². The number of carbonyl (C=O) groups excluding carboxylic acids is 1. The smallest absolute Gasteiger partial charge is 0.223 e. The Morgan fingerprint density at radius 3 is 2.68 bits per heavy atom. The van der Waals surface area contributed by atoms with Crippen LogP contribution in [-0.4, -0.2) is 38.0 Å². The van der Waals surface area contributed by atoms with E-state index in [1.165, 1.54) is 10.6 Å². The van der Waals surface area contributed by atoms with Crippen molar-refractivity contribution >= 4 is 27.3 Å². The van der Waals surface area contributed by atoms with E-state index in [2.05, 4.69) is 5.32 Å². The first-order chi connectivity index (χ1) is 8.97. The van der Waals surface area contributed by atoms with Gasteiger partial charge in [-0.2, -0.15) is 11.3 Å². The third-order valence-electron chi connectivity index (χ3n) is 3.34. The Balaban J connectivity index is 1.79. The highest BCUT2D eigenvalue weighted by Crippen LogP contribution is 2.19. The summed E-state index contributed by atoms with van der Waals surface area (Å²) in [5.41, 5.74) is 1.10. The standard InChI is InChI=1S/C12H18N2O3S2/c1-19(16,17)14-5-2-11(3-6-14)12(15)13-8-10-4-7-18-9-10/h4,7,9,11H,2-3,5-6,8H2,1H3,(H,13,15). The van der Waals surface area contributed by atoms with E-state index in [0.717, 1.165) is 5.56 Å². The van der Waals surface area contributed by atoms with E-state index in [1.54, 1.807) is 11.3 Å². The van der Waals surface area contributed by atoms with Crippen molar-refractivity contribution in [1.82, 2.24) is 9.62 Å². The molecule has 0 aromatic carbocycles. The third-order valence-corrected chi connectivity index (χ3v) is 5.38. The van der Waals surface area contributed by atoms with Crippen molar-refractivity contribution in [3.63, 3.8) is 0 Å². The first-order valence-electron chi connectivity index (χ1n) is 6.21. The predicted molar refractivity (Wildman–Crippen MR) is 75.3 cm³/mol. The van der Waals surface area contributed by atoms with Crippen LogP contribution in [0.25, 0.3) is 0 Å². The highest BCUT2D eigenvalue weighted by molar-refractivity contribution is 7.88. The fourth-order valence-corrected chi connectivity index (χ4v) is 3.72. The number of carbonyl (C=O) groups is 1. The van der Waals surface area contributed by atoms with Crippen LogP contribution in [0.1, 0.15) is 18.4 Å². The molecule has 1 aromatic rings. The Hall–Kier alpha value is -0.920. The molecule has 1 amide bonds. The zero-order valence-corrected chi connectivity index (χ0v) is 12.5. The molecular formula is C12H18N2O3S2. The predicted octanol–water partition coefficient (Wildman–Crippen LogP) is 1.04. The van der Waals surface area contributed by atoms with Gasteiger partial charge in [0.05, 0.1) is 6.26 Å². The number of nitrogens with one attached hydrogen (secondary N) is 1. The van der Waals surface area contributed by atoms with Crippen LogP contribution < -0.4 is 5.32 Å². The number of amides is 1. The fourth-order valence-electron chi connectivity index (χ4n) is 2.18. The molecule has 2 heterocycles. The van der Waals surface area contributed by atoms with Gasteiger partial charge in [-0.05, 0) is 35.2 Å². The van der Waals surface area contributed by atoms with Gasteiger partial charge in [0, 0.05) is 25.6 Å². The van der Waals surface area contributed by atoms with Crippen molar-refractivity contribution in [3.05, 3.63) is 22.4 Å². The molecule has 1 N–H and O–H groups in total. The zero-order chi connectivity index (χ0) is 13.9. The zero-order valence-electron chi connectivity index (χ0n) is 10.8. The third kappa shape index (κ3) is 4.02. The molecule has 0 saturated carbocycles. The SMILES string of the molecule is CS(=O)(=O)N1CCC(C(=O)NCc2ccsc2)CC1.